The lowest BCUT2D eigenvalue weighted by Crippen LogP contribution is -2.33. The minimum Gasteiger partial charge on any atom is -0.302 e. The van der Waals surface area contributed by atoms with Crippen LogP contribution in [0.5, 0.6) is 0 Å². The van der Waals surface area contributed by atoms with Gasteiger partial charge in [0.05, 0.1) is 5.41 Å². The van der Waals surface area contributed by atoms with E-state index >= 15 is 0 Å². The molecule has 0 heterocycles. The third-order valence-electron chi connectivity index (χ3n) is 3.67. The second-order valence-corrected chi connectivity index (χ2v) is 4.73. The average molecular weight is 214 g/mol. The van der Waals surface area contributed by atoms with Crippen LogP contribution in [0.2, 0.25) is 0 Å². The van der Waals surface area contributed by atoms with Crippen molar-refractivity contribution in [1.82, 2.24) is 0 Å². The van der Waals surface area contributed by atoms with E-state index in [9.17, 15) is 4.79 Å². The molecule has 0 amide bonds. The first-order valence-corrected chi connectivity index (χ1v) is 5.96. The lowest BCUT2D eigenvalue weighted by Gasteiger charge is -2.33. The summed E-state index contributed by atoms with van der Waals surface area (Å²) in [4.78, 5) is 11.5. The number of carbonyl (C=O) groups excluding carboxylic acids is 1. The van der Waals surface area contributed by atoms with E-state index in [1.165, 1.54) is 6.42 Å². The van der Waals surface area contributed by atoms with Gasteiger partial charge in [0.2, 0.25) is 0 Å². The van der Waals surface area contributed by atoms with E-state index in [0.717, 1.165) is 24.7 Å². The first kappa shape index (κ1) is 11.1. The molecular formula is C15H18O. The predicted octanol–water partition coefficient (Wildman–Crippen LogP) is 3.50. The lowest BCUT2D eigenvalue weighted by molar-refractivity contribution is -0.113. The van der Waals surface area contributed by atoms with Gasteiger partial charge in [-0.15, -0.1) is 0 Å². The van der Waals surface area contributed by atoms with E-state index in [1.54, 1.807) is 0 Å². The molecule has 1 aliphatic rings. The Morgan fingerprint density at radius 1 is 1.31 bits per heavy atom. The summed E-state index contributed by atoms with van der Waals surface area (Å²) < 4.78 is 0. The number of hydrogen-bond donors (Lipinski definition) is 0. The number of hydrogen-bond acceptors (Lipinski definition) is 1. The Morgan fingerprint density at radius 3 is 2.62 bits per heavy atom. The van der Waals surface area contributed by atoms with Crippen molar-refractivity contribution in [3.8, 4) is 0 Å². The largest absolute Gasteiger partial charge is 0.302 e. The normalized spacial score (nSPS) is 23.7. The van der Waals surface area contributed by atoms with Gasteiger partial charge in [0, 0.05) is 0 Å². The molecule has 0 aromatic heterocycles. The zero-order valence-corrected chi connectivity index (χ0v) is 9.73. The summed E-state index contributed by atoms with van der Waals surface area (Å²) in [5, 5.41) is 0. The van der Waals surface area contributed by atoms with E-state index < -0.39 is 0 Å². The Morgan fingerprint density at radius 2 is 2.06 bits per heavy atom. The minimum atomic E-state index is -0.363. The fraction of sp³-hybridized carbons (Fsp3) is 0.400. The predicted molar refractivity (Wildman–Crippen MR) is 66.3 cm³/mol. The van der Waals surface area contributed by atoms with Gasteiger partial charge in [0.15, 0.2) is 0 Å². The number of benzene rings is 1. The second kappa shape index (κ2) is 4.65. The molecule has 0 radical (unpaired) electrons. The van der Waals surface area contributed by atoms with Crippen molar-refractivity contribution < 1.29 is 4.79 Å². The van der Waals surface area contributed by atoms with E-state index in [-0.39, 0.29) is 5.41 Å². The Labute approximate surface area is 97.2 Å². The quantitative estimate of drug-likeness (QED) is 0.556. The van der Waals surface area contributed by atoms with Crippen LogP contribution in [-0.4, -0.2) is 6.29 Å². The molecule has 1 nitrogen and oxygen atoms in total. The van der Waals surface area contributed by atoms with Gasteiger partial charge in [-0.25, -0.2) is 0 Å². The van der Waals surface area contributed by atoms with E-state index in [0.29, 0.717) is 5.92 Å². The molecule has 0 N–H and O–H groups in total. The highest BCUT2D eigenvalue weighted by Crippen LogP contribution is 2.36. The highest BCUT2D eigenvalue weighted by molar-refractivity contribution is 5.69. The first-order chi connectivity index (χ1) is 7.77. The summed E-state index contributed by atoms with van der Waals surface area (Å²) in [7, 11) is 0. The highest BCUT2D eigenvalue weighted by atomic mass is 16.1. The zero-order chi connectivity index (χ0) is 11.4. The van der Waals surface area contributed by atoms with Crippen LogP contribution in [0.4, 0.5) is 0 Å². The summed E-state index contributed by atoms with van der Waals surface area (Å²) >= 11 is 0. The number of allylic oxidation sites excluding steroid dienone is 2. The third kappa shape index (κ3) is 1.95. The van der Waals surface area contributed by atoms with Crippen molar-refractivity contribution in [3.63, 3.8) is 0 Å². The van der Waals surface area contributed by atoms with Gasteiger partial charge in [-0.3, -0.25) is 0 Å². The summed E-state index contributed by atoms with van der Waals surface area (Å²) in [5.41, 5.74) is 0.764. The van der Waals surface area contributed by atoms with Crippen molar-refractivity contribution in [2.24, 2.45) is 5.92 Å². The Kier molecular flexibility index (Phi) is 3.23. The van der Waals surface area contributed by atoms with Crippen molar-refractivity contribution >= 4 is 6.29 Å². The Bertz CT molecular complexity index is 380. The van der Waals surface area contributed by atoms with E-state index in [2.05, 4.69) is 31.2 Å². The molecule has 1 aliphatic carbocycles. The highest BCUT2D eigenvalue weighted by Gasteiger charge is 2.34. The summed E-state index contributed by atoms with van der Waals surface area (Å²) in [6.45, 7) is 2.05. The summed E-state index contributed by atoms with van der Waals surface area (Å²) in [5.74, 6) is 0.348. The molecule has 16 heavy (non-hydrogen) atoms. The van der Waals surface area contributed by atoms with Crippen molar-refractivity contribution in [3.05, 3.63) is 48.0 Å². The average Bonchev–Trinajstić information content (AvgIpc) is 2.40. The molecule has 2 unspecified atom stereocenters. The molecule has 0 aliphatic heterocycles. The molecule has 0 fully saturated rings. The van der Waals surface area contributed by atoms with Crippen LogP contribution in [0.3, 0.4) is 0 Å². The van der Waals surface area contributed by atoms with Gasteiger partial charge in [-0.2, -0.15) is 0 Å². The fourth-order valence-electron chi connectivity index (χ4n) is 2.48. The van der Waals surface area contributed by atoms with Crippen molar-refractivity contribution in [2.45, 2.75) is 31.6 Å². The minimum absolute atomic E-state index is 0.348. The SMILES string of the molecule is CC(C=O)(c1ccccc1)C1C=CCCC1. The second-order valence-electron chi connectivity index (χ2n) is 4.73. The Balaban J connectivity index is 2.35. The standard InChI is InChI=1S/C15H18O/c1-15(12-16,13-8-4-2-5-9-13)14-10-6-3-7-11-14/h2,4-6,8-10,12,14H,3,7,11H2,1H3. The summed E-state index contributed by atoms with van der Waals surface area (Å²) in [6.07, 6.45) is 8.99. The topological polar surface area (TPSA) is 17.1 Å². The fourth-order valence-corrected chi connectivity index (χ4v) is 2.48. The lowest BCUT2D eigenvalue weighted by atomic mass is 9.69. The van der Waals surface area contributed by atoms with Crippen molar-refractivity contribution in [2.75, 3.05) is 0 Å². The van der Waals surface area contributed by atoms with E-state index in [4.69, 9.17) is 0 Å². The van der Waals surface area contributed by atoms with Crippen LogP contribution < -0.4 is 0 Å². The molecule has 1 aromatic carbocycles. The third-order valence-corrected chi connectivity index (χ3v) is 3.67. The molecule has 1 heteroatoms. The zero-order valence-electron chi connectivity index (χ0n) is 9.73. The molecule has 84 valence electrons. The van der Waals surface area contributed by atoms with Crippen LogP contribution >= 0.6 is 0 Å². The van der Waals surface area contributed by atoms with Crippen LogP contribution in [0.25, 0.3) is 0 Å². The monoisotopic (exact) mass is 214 g/mol. The van der Waals surface area contributed by atoms with E-state index in [1.807, 2.05) is 18.2 Å². The molecule has 1 aromatic rings. The number of aldehydes is 1. The first-order valence-electron chi connectivity index (χ1n) is 5.96. The van der Waals surface area contributed by atoms with Crippen molar-refractivity contribution in [1.29, 1.82) is 0 Å². The molecule has 0 bridgehead atoms. The molecule has 2 atom stereocenters. The maximum absolute atomic E-state index is 11.5. The number of rotatable bonds is 3. The van der Waals surface area contributed by atoms with Gasteiger partial charge in [0.1, 0.15) is 6.29 Å². The van der Waals surface area contributed by atoms with Gasteiger partial charge >= 0.3 is 0 Å². The molecule has 0 saturated carbocycles. The molecule has 0 saturated heterocycles. The van der Waals surface area contributed by atoms with Gasteiger partial charge < -0.3 is 4.79 Å². The van der Waals surface area contributed by atoms with Crippen LogP contribution in [0.15, 0.2) is 42.5 Å². The van der Waals surface area contributed by atoms with Gasteiger partial charge in [0.25, 0.3) is 0 Å². The molecule has 0 spiro atoms. The molecular weight excluding hydrogens is 196 g/mol. The molecule has 2 rings (SSSR count). The maximum Gasteiger partial charge on any atom is 0.130 e. The van der Waals surface area contributed by atoms with Gasteiger partial charge in [-0.1, -0.05) is 42.5 Å². The summed E-state index contributed by atoms with van der Waals surface area (Å²) in [6, 6.07) is 10.1. The smallest absolute Gasteiger partial charge is 0.130 e. The van der Waals surface area contributed by atoms with Gasteiger partial charge in [-0.05, 0) is 37.7 Å². The number of carbonyl (C=O) groups is 1. The maximum atomic E-state index is 11.5. The van der Waals surface area contributed by atoms with Crippen LogP contribution in [0.1, 0.15) is 31.7 Å². The van der Waals surface area contributed by atoms with Crippen LogP contribution in [0, 0.1) is 5.92 Å². The van der Waals surface area contributed by atoms with Crippen LogP contribution in [-0.2, 0) is 10.2 Å². The Hall–Kier alpha value is -1.37.